The Hall–Kier alpha value is -2.26. The summed E-state index contributed by atoms with van der Waals surface area (Å²) in [5.74, 6) is 0.768. The summed E-state index contributed by atoms with van der Waals surface area (Å²) in [7, 11) is 0. The van der Waals surface area contributed by atoms with Crippen molar-refractivity contribution in [2.24, 2.45) is 0 Å². The molecule has 0 saturated heterocycles. The average molecular weight is 285 g/mol. The van der Waals surface area contributed by atoms with Gasteiger partial charge in [0, 0.05) is 33.9 Å². The van der Waals surface area contributed by atoms with E-state index in [1.807, 2.05) is 42.5 Å². The molecule has 3 aromatic rings. The van der Waals surface area contributed by atoms with Crippen molar-refractivity contribution in [2.75, 3.05) is 5.73 Å². The molecule has 1 aromatic heterocycles. The molecule has 3 nitrogen and oxygen atoms in total. The zero-order chi connectivity index (χ0) is 13.9. The van der Waals surface area contributed by atoms with Gasteiger partial charge >= 0.3 is 0 Å². The van der Waals surface area contributed by atoms with Gasteiger partial charge in [-0.1, -0.05) is 23.7 Å². The summed E-state index contributed by atoms with van der Waals surface area (Å²) in [5, 5.41) is 1.70. The predicted octanol–water partition coefficient (Wildman–Crippen LogP) is 4.05. The third-order valence-corrected chi connectivity index (χ3v) is 3.40. The van der Waals surface area contributed by atoms with Crippen LogP contribution in [0, 0.1) is 0 Å². The fraction of sp³-hybridized carbons (Fsp3) is 0.0625. The van der Waals surface area contributed by atoms with Crippen molar-refractivity contribution < 1.29 is 4.74 Å². The Balaban J connectivity index is 1.79. The lowest BCUT2D eigenvalue weighted by Gasteiger charge is -2.09. The quantitative estimate of drug-likeness (QED) is 0.738. The highest BCUT2D eigenvalue weighted by Gasteiger charge is 2.03. The number of nitrogen functional groups attached to an aromatic ring is 1. The first-order chi connectivity index (χ1) is 9.72. The van der Waals surface area contributed by atoms with Gasteiger partial charge in [0.15, 0.2) is 0 Å². The van der Waals surface area contributed by atoms with Crippen molar-refractivity contribution in [1.29, 1.82) is 0 Å². The molecule has 4 heteroatoms. The first-order valence-electron chi connectivity index (χ1n) is 6.24. The second kappa shape index (κ2) is 5.39. The molecule has 2 N–H and O–H groups in total. The van der Waals surface area contributed by atoms with E-state index in [4.69, 9.17) is 22.1 Å². The van der Waals surface area contributed by atoms with Crippen molar-refractivity contribution >= 4 is 28.2 Å². The molecule has 3 rings (SSSR count). The number of ether oxygens (including phenoxy) is 1. The van der Waals surface area contributed by atoms with E-state index >= 15 is 0 Å². The van der Waals surface area contributed by atoms with E-state index < -0.39 is 0 Å². The Bertz CT molecular complexity index is 758. The Morgan fingerprint density at radius 1 is 1.10 bits per heavy atom. The van der Waals surface area contributed by atoms with E-state index in [0.717, 1.165) is 22.2 Å². The molecule has 2 aromatic carbocycles. The SMILES string of the molecule is Nc1ccc(COc2ccc3cccnc3c2)c(Cl)c1. The van der Waals surface area contributed by atoms with Crippen LogP contribution in [-0.4, -0.2) is 4.98 Å². The molecule has 20 heavy (non-hydrogen) atoms. The topological polar surface area (TPSA) is 48.1 Å². The largest absolute Gasteiger partial charge is 0.489 e. The lowest BCUT2D eigenvalue weighted by molar-refractivity contribution is 0.306. The van der Waals surface area contributed by atoms with Gasteiger partial charge in [0.05, 0.1) is 5.52 Å². The van der Waals surface area contributed by atoms with Gasteiger partial charge < -0.3 is 10.5 Å². The fourth-order valence-electron chi connectivity index (χ4n) is 1.98. The van der Waals surface area contributed by atoms with E-state index in [1.54, 1.807) is 12.3 Å². The average Bonchev–Trinajstić information content (AvgIpc) is 2.46. The third kappa shape index (κ3) is 2.68. The molecule has 0 radical (unpaired) electrons. The van der Waals surface area contributed by atoms with Crippen LogP contribution in [0.3, 0.4) is 0 Å². The highest BCUT2D eigenvalue weighted by Crippen LogP contribution is 2.23. The number of hydrogen-bond donors (Lipinski definition) is 1. The van der Waals surface area contributed by atoms with Gasteiger partial charge in [0.1, 0.15) is 12.4 Å². The number of rotatable bonds is 3. The third-order valence-electron chi connectivity index (χ3n) is 3.05. The summed E-state index contributed by atoms with van der Waals surface area (Å²) in [5.41, 5.74) is 8.13. The minimum absolute atomic E-state index is 0.400. The van der Waals surface area contributed by atoms with Gasteiger partial charge in [-0.15, -0.1) is 0 Å². The van der Waals surface area contributed by atoms with Crippen molar-refractivity contribution in [3.8, 4) is 5.75 Å². The summed E-state index contributed by atoms with van der Waals surface area (Å²) in [6.07, 6.45) is 1.77. The Labute approximate surface area is 122 Å². The van der Waals surface area contributed by atoms with E-state index in [1.165, 1.54) is 0 Å². The molecule has 0 atom stereocenters. The molecule has 0 aliphatic carbocycles. The zero-order valence-corrected chi connectivity index (χ0v) is 11.5. The van der Waals surface area contributed by atoms with E-state index in [2.05, 4.69) is 4.98 Å². The maximum Gasteiger partial charge on any atom is 0.122 e. The minimum atomic E-state index is 0.400. The summed E-state index contributed by atoms with van der Waals surface area (Å²) in [4.78, 5) is 4.30. The summed E-state index contributed by atoms with van der Waals surface area (Å²) >= 11 is 6.12. The zero-order valence-electron chi connectivity index (χ0n) is 10.7. The Morgan fingerprint density at radius 3 is 2.85 bits per heavy atom. The van der Waals surface area contributed by atoms with Crippen LogP contribution < -0.4 is 10.5 Å². The highest BCUT2D eigenvalue weighted by atomic mass is 35.5. The summed E-state index contributed by atoms with van der Waals surface area (Å²) < 4.78 is 5.76. The fourth-order valence-corrected chi connectivity index (χ4v) is 2.22. The maximum atomic E-state index is 6.12. The Kier molecular flexibility index (Phi) is 3.44. The van der Waals surface area contributed by atoms with Crippen LogP contribution in [0.2, 0.25) is 5.02 Å². The summed E-state index contributed by atoms with van der Waals surface area (Å²) in [6.45, 7) is 0.400. The molecule has 0 bridgehead atoms. The first-order valence-corrected chi connectivity index (χ1v) is 6.62. The molecule has 0 fully saturated rings. The Morgan fingerprint density at radius 2 is 2.00 bits per heavy atom. The number of nitrogens with two attached hydrogens (primary N) is 1. The lowest BCUT2D eigenvalue weighted by Crippen LogP contribution is -1.97. The van der Waals surface area contributed by atoms with Crippen LogP contribution in [0.15, 0.2) is 54.7 Å². The van der Waals surface area contributed by atoms with E-state index in [9.17, 15) is 0 Å². The van der Waals surface area contributed by atoms with Crippen LogP contribution in [0.1, 0.15) is 5.56 Å². The predicted molar refractivity (Wildman–Crippen MR) is 81.9 cm³/mol. The van der Waals surface area contributed by atoms with Gasteiger partial charge in [-0.2, -0.15) is 0 Å². The number of benzene rings is 2. The number of hydrogen-bond acceptors (Lipinski definition) is 3. The van der Waals surface area contributed by atoms with E-state index in [-0.39, 0.29) is 0 Å². The maximum absolute atomic E-state index is 6.12. The summed E-state index contributed by atoms with van der Waals surface area (Å²) in [6, 6.07) is 15.2. The number of anilines is 1. The molecule has 0 spiro atoms. The normalized spacial score (nSPS) is 10.7. The van der Waals surface area contributed by atoms with Crippen LogP contribution in [0.5, 0.6) is 5.75 Å². The lowest BCUT2D eigenvalue weighted by atomic mass is 10.2. The molecule has 0 aliphatic heterocycles. The van der Waals surface area contributed by atoms with Gasteiger partial charge in [-0.05, 0) is 30.3 Å². The smallest absolute Gasteiger partial charge is 0.122 e. The number of pyridine rings is 1. The molecule has 0 aliphatic rings. The molecule has 0 amide bonds. The van der Waals surface area contributed by atoms with Crippen LogP contribution in [0.4, 0.5) is 5.69 Å². The second-order valence-corrected chi connectivity index (χ2v) is 4.90. The van der Waals surface area contributed by atoms with E-state index in [0.29, 0.717) is 17.3 Å². The molecular formula is C16H13ClN2O. The molecule has 0 saturated carbocycles. The van der Waals surface area contributed by atoms with Crippen LogP contribution in [-0.2, 0) is 6.61 Å². The second-order valence-electron chi connectivity index (χ2n) is 4.50. The van der Waals surface area contributed by atoms with Crippen LogP contribution >= 0.6 is 11.6 Å². The van der Waals surface area contributed by atoms with Gasteiger partial charge in [-0.3, -0.25) is 4.98 Å². The standard InChI is InChI=1S/C16H13ClN2O/c17-15-8-13(18)5-3-12(15)10-20-14-6-4-11-2-1-7-19-16(11)9-14/h1-9H,10,18H2. The van der Waals surface area contributed by atoms with Crippen LogP contribution in [0.25, 0.3) is 10.9 Å². The van der Waals surface area contributed by atoms with Crippen molar-refractivity contribution in [2.45, 2.75) is 6.61 Å². The number of halogens is 1. The van der Waals surface area contributed by atoms with Crippen molar-refractivity contribution in [1.82, 2.24) is 4.98 Å². The number of aromatic nitrogens is 1. The highest BCUT2D eigenvalue weighted by molar-refractivity contribution is 6.31. The minimum Gasteiger partial charge on any atom is -0.489 e. The number of fused-ring (bicyclic) bond motifs is 1. The van der Waals surface area contributed by atoms with Crippen molar-refractivity contribution in [3.63, 3.8) is 0 Å². The number of nitrogens with zero attached hydrogens (tertiary/aromatic N) is 1. The van der Waals surface area contributed by atoms with Crippen molar-refractivity contribution in [3.05, 3.63) is 65.3 Å². The van der Waals surface area contributed by atoms with Gasteiger partial charge in [0.2, 0.25) is 0 Å². The molecule has 0 unspecified atom stereocenters. The molecule has 1 heterocycles. The molecule has 100 valence electrons. The molecular weight excluding hydrogens is 272 g/mol. The van der Waals surface area contributed by atoms with Gasteiger partial charge in [-0.25, -0.2) is 0 Å². The monoisotopic (exact) mass is 284 g/mol. The van der Waals surface area contributed by atoms with Gasteiger partial charge in [0.25, 0.3) is 0 Å². The first kappa shape index (κ1) is 12.8.